The molecule has 8 nitrogen and oxygen atoms in total. The highest BCUT2D eigenvalue weighted by molar-refractivity contribution is 6.30. The van der Waals surface area contributed by atoms with Gasteiger partial charge >= 0.3 is 5.97 Å². The summed E-state index contributed by atoms with van der Waals surface area (Å²) in [6.45, 7) is 3.56. The summed E-state index contributed by atoms with van der Waals surface area (Å²) in [6.07, 6.45) is 2.65. The molecule has 0 aromatic heterocycles. The van der Waals surface area contributed by atoms with E-state index in [0.717, 1.165) is 0 Å². The third kappa shape index (κ3) is 7.54. The van der Waals surface area contributed by atoms with E-state index in [1.54, 1.807) is 74.5 Å². The number of benzene rings is 3. The van der Waals surface area contributed by atoms with Gasteiger partial charge in [0.25, 0.3) is 11.8 Å². The molecular weight excluding hydrogens is 482 g/mol. The first-order chi connectivity index (χ1) is 17.2. The van der Waals surface area contributed by atoms with Gasteiger partial charge in [-0.15, -0.1) is 0 Å². The average Bonchev–Trinajstić information content (AvgIpc) is 2.87. The minimum Gasteiger partial charge on any atom is -0.422 e. The average molecular weight is 506 g/mol. The highest BCUT2D eigenvalue weighted by Crippen LogP contribution is 2.21. The lowest BCUT2D eigenvalue weighted by Crippen LogP contribution is -2.40. The van der Waals surface area contributed by atoms with Gasteiger partial charge in [0.05, 0.1) is 5.56 Å². The molecule has 0 saturated heterocycles. The number of nitrogens with one attached hydrogen (secondary N) is 3. The number of esters is 1. The van der Waals surface area contributed by atoms with Gasteiger partial charge in [0.15, 0.2) is 0 Å². The quantitative estimate of drug-likeness (QED) is 0.187. The van der Waals surface area contributed by atoms with Crippen LogP contribution >= 0.6 is 11.6 Å². The van der Waals surface area contributed by atoms with Crippen LogP contribution in [0.3, 0.4) is 0 Å². The van der Waals surface area contributed by atoms with E-state index in [1.165, 1.54) is 24.3 Å². The van der Waals surface area contributed by atoms with E-state index in [2.05, 4.69) is 16.2 Å². The topological polar surface area (TPSA) is 114 Å². The lowest BCUT2D eigenvalue weighted by Gasteiger charge is -2.09. The number of para-hydroxylation sites is 1. The molecule has 0 heterocycles. The van der Waals surface area contributed by atoms with Crippen LogP contribution in [-0.4, -0.2) is 23.7 Å². The van der Waals surface area contributed by atoms with Crippen molar-refractivity contribution in [2.24, 2.45) is 5.92 Å². The Labute approximate surface area is 213 Å². The third-order valence-corrected chi connectivity index (χ3v) is 5.11. The summed E-state index contributed by atoms with van der Waals surface area (Å²) >= 11 is 5.85. The van der Waals surface area contributed by atoms with Gasteiger partial charge in [0, 0.05) is 33.8 Å². The molecule has 0 aliphatic carbocycles. The second-order valence-electron chi connectivity index (χ2n) is 7.93. The van der Waals surface area contributed by atoms with Crippen molar-refractivity contribution in [3.8, 4) is 5.75 Å². The number of halogens is 1. The number of hydrogen-bond acceptors (Lipinski definition) is 5. The maximum Gasteiger partial charge on any atom is 0.343 e. The lowest BCUT2D eigenvalue weighted by molar-refractivity contribution is -0.119. The fraction of sp³-hybridized carbons (Fsp3) is 0.111. The zero-order valence-corrected chi connectivity index (χ0v) is 20.3. The second-order valence-corrected chi connectivity index (χ2v) is 8.37. The second kappa shape index (κ2) is 12.3. The molecular formula is C27H24ClN3O5. The number of anilines is 1. The standard InChI is InChI=1S/C27H24ClN3O5/c1-17(2)25(33)29-22-14-9-19(10-15-22)26(34)31-30-24(32)16-11-18-5-3-4-6-23(18)36-27(35)20-7-12-21(28)13-8-20/h3-17H,1-2H3,(H,29,33)(H,30,32)(H,31,34)/b16-11+. The first-order valence-electron chi connectivity index (χ1n) is 11.0. The van der Waals surface area contributed by atoms with Crippen LogP contribution in [0.4, 0.5) is 5.69 Å². The van der Waals surface area contributed by atoms with Crippen molar-refractivity contribution in [3.05, 3.63) is 101 Å². The molecule has 0 radical (unpaired) electrons. The lowest BCUT2D eigenvalue weighted by atomic mass is 10.1. The summed E-state index contributed by atoms with van der Waals surface area (Å²) in [4.78, 5) is 48.6. The summed E-state index contributed by atoms with van der Waals surface area (Å²) in [5, 5.41) is 3.23. The largest absolute Gasteiger partial charge is 0.422 e. The maximum absolute atomic E-state index is 12.4. The van der Waals surface area contributed by atoms with Crippen molar-refractivity contribution in [1.82, 2.24) is 10.9 Å². The molecule has 3 N–H and O–H groups in total. The molecule has 0 spiro atoms. The summed E-state index contributed by atoms with van der Waals surface area (Å²) in [6, 6.07) is 19.2. The zero-order valence-electron chi connectivity index (χ0n) is 19.6. The van der Waals surface area contributed by atoms with Gasteiger partial charge in [-0.1, -0.05) is 43.6 Å². The van der Waals surface area contributed by atoms with E-state index in [0.29, 0.717) is 27.4 Å². The normalized spacial score (nSPS) is 10.7. The Balaban J connectivity index is 1.55. The number of hydrogen-bond donors (Lipinski definition) is 3. The van der Waals surface area contributed by atoms with E-state index in [-0.39, 0.29) is 17.6 Å². The minimum absolute atomic E-state index is 0.132. The summed E-state index contributed by atoms with van der Waals surface area (Å²) in [5.41, 5.74) is 6.27. The molecule has 0 unspecified atom stereocenters. The van der Waals surface area contributed by atoms with Crippen molar-refractivity contribution >= 4 is 47.1 Å². The Bertz CT molecular complexity index is 1290. The molecule has 0 aliphatic heterocycles. The molecule has 0 bridgehead atoms. The van der Waals surface area contributed by atoms with E-state index in [1.807, 2.05) is 0 Å². The van der Waals surface area contributed by atoms with Crippen molar-refractivity contribution in [3.63, 3.8) is 0 Å². The Kier molecular flexibility index (Phi) is 8.96. The van der Waals surface area contributed by atoms with Crippen molar-refractivity contribution in [2.45, 2.75) is 13.8 Å². The molecule has 0 atom stereocenters. The van der Waals surface area contributed by atoms with Gasteiger partial charge in [-0.05, 0) is 60.7 Å². The molecule has 3 aromatic rings. The number of carbonyl (C=O) groups excluding carboxylic acids is 4. The molecule has 0 saturated carbocycles. The van der Waals surface area contributed by atoms with Gasteiger partial charge in [0.2, 0.25) is 5.91 Å². The van der Waals surface area contributed by atoms with E-state index in [4.69, 9.17) is 16.3 Å². The number of carbonyl (C=O) groups is 4. The van der Waals surface area contributed by atoms with Crippen molar-refractivity contribution < 1.29 is 23.9 Å². The van der Waals surface area contributed by atoms with Crippen molar-refractivity contribution in [2.75, 3.05) is 5.32 Å². The maximum atomic E-state index is 12.4. The van der Waals surface area contributed by atoms with Crippen LogP contribution in [-0.2, 0) is 9.59 Å². The Morgan fingerprint density at radius 2 is 1.47 bits per heavy atom. The van der Waals surface area contributed by atoms with Crippen LogP contribution < -0.4 is 20.9 Å². The van der Waals surface area contributed by atoms with Crippen LogP contribution in [0.5, 0.6) is 5.75 Å². The number of hydrazine groups is 1. The number of amides is 3. The highest BCUT2D eigenvalue weighted by atomic mass is 35.5. The Hall–Kier alpha value is -4.43. The van der Waals surface area contributed by atoms with E-state index < -0.39 is 17.8 Å². The fourth-order valence-corrected chi connectivity index (χ4v) is 2.97. The summed E-state index contributed by atoms with van der Waals surface area (Å²) in [5.74, 6) is -1.74. The van der Waals surface area contributed by atoms with E-state index >= 15 is 0 Å². The van der Waals surface area contributed by atoms with Crippen LogP contribution in [0.1, 0.15) is 40.1 Å². The third-order valence-electron chi connectivity index (χ3n) is 4.85. The smallest absolute Gasteiger partial charge is 0.343 e. The van der Waals surface area contributed by atoms with Crippen LogP contribution in [0.15, 0.2) is 78.9 Å². The molecule has 9 heteroatoms. The predicted molar refractivity (Wildman–Crippen MR) is 137 cm³/mol. The minimum atomic E-state index is -0.594. The monoisotopic (exact) mass is 505 g/mol. The first-order valence-corrected chi connectivity index (χ1v) is 11.4. The van der Waals surface area contributed by atoms with Crippen LogP contribution in [0.2, 0.25) is 5.02 Å². The Morgan fingerprint density at radius 3 is 2.14 bits per heavy atom. The number of ether oxygens (including phenoxy) is 1. The number of rotatable bonds is 7. The first kappa shape index (κ1) is 26.2. The molecule has 3 aromatic carbocycles. The fourth-order valence-electron chi connectivity index (χ4n) is 2.85. The van der Waals surface area contributed by atoms with Crippen LogP contribution in [0, 0.1) is 5.92 Å². The molecule has 0 aliphatic rings. The SMILES string of the molecule is CC(C)C(=O)Nc1ccc(C(=O)NNC(=O)/C=C/c2ccccc2OC(=O)c2ccc(Cl)cc2)cc1. The summed E-state index contributed by atoms with van der Waals surface area (Å²) in [7, 11) is 0. The molecule has 3 amide bonds. The van der Waals surface area contributed by atoms with Gasteiger partial charge in [0.1, 0.15) is 5.75 Å². The van der Waals surface area contributed by atoms with Gasteiger partial charge in [-0.2, -0.15) is 0 Å². The molecule has 3 rings (SSSR count). The highest BCUT2D eigenvalue weighted by Gasteiger charge is 2.12. The zero-order chi connectivity index (χ0) is 26.1. The summed E-state index contributed by atoms with van der Waals surface area (Å²) < 4.78 is 5.45. The molecule has 184 valence electrons. The predicted octanol–water partition coefficient (Wildman–Crippen LogP) is 4.63. The van der Waals surface area contributed by atoms with Gasteiger partial charge < -0.3 is 10.1 Å². The Morgan fingerprint density at radius 1 is 0.833 bits per heavy atom. The van der Waals surface area contributed by atoms with Gasteiger partial charge in [-0.25, -0.2) is 4.79 Å². The van der Waals surface area contributed by atoms with Gasteiger partial charge in [-0.3, -0.25) is 25.2 Å². The van der Waals surface area contributed by atoms with Crippen molar-refractivity contribution in [1.29, 1.82) is 0 Å². The molecule has 36 heavy (non-hydrogen) atoms. The van der Waals surface area contributed by atoms with E-state index in [9.17, 15) is 19.2 Å². The van der Waals surface area contributed by atoms with Crippen LogP contribution in [0.25, 0.3) is 6.08 Å². The molecule has 0 fully saturated rings.